The summed E-state index contributed by atoms with van der Waals surface area (Å²) in [6, 6.07) is 9.71. The Morgan fingerprint density at radius 2 is 2.22 bits per heavy atom. The van der Waals surface area contributed by atoms with Gasteiger partial charge in [0.1, 0.15) is 5.76 Å². The smallest absolute Gasteiger partial charge is 0.213 e. The van der Waals surface area contributed by atoms with Gasteiger partial charge in [-0.15, -0.1) is 0 Å². The van der Waals surface area contributed by atoms with Crippen LogP contribution in [0.2, 0.25) is 0 Å². The number of hydrogen-bond donors (Lipinski definition) is 0. The summed E-state index contributed by atoms with van der Waals surface area (Å²) in [5, 5.41) is 0. The van der Waals surface area contributed by atoms with Crippen LogP contribution in [0.15, 0.2) is 47.2 Å². The van der Waals surface area contributed by atoms with Gasteiger partial charge in [0.2, 0.25) is 5.88 Å². The highest BCUT2D eigenvalue weighted by molar-refractivity contribution is 5.10. The molecule has 23 heavy (non-hydrogen) atoms. The molecule has 0 aliphatic carbocycles. The Labute approximate surface area is 136 Å². The standard InChI is InChI=1S/C18H22N2O3/c1-2-8-19-17(5-1)22-10-6-15-7-11-23-18(15)13-20(14-18)12-16-4-3-9-21-16/h1-5,8-9,15H,6-7,10-14H2/t15-/m0/s1. The minimum atomic E-state index is 0.0278. The summed E-state index contributed by atoms with van der Waals surface area (Å²) in [7, 11) is 0. The molecule has 2 aliphatic rings. The second-order valence-electron chi connectivity index (χ2n) is 6.43. The lowest BCUT2D eigenvalue weighted by Gasteiger charge is -2.50. The Kier molecular flexibility index (Phi) is 4.06. The Morgan fingerprint density at radius 1 is 1.26 bits per heavy atom. The fourth-order valence-electron chi connectivity index (χ4n) is 3.73. The lowest BCUT2D eigenvalue weighted by molar-refractivity contribution is -0.139. The summed E-state index contributed by atoms with van der Waals surface area (Å²) in [6.07, 6.45) is 5.63. The van der Waals surface area contributed by atoms with Crippen molar-refractivity contribution in [3.8, 4) is 5.88 Å². The van der Waals surface area contributed by atoms with E-state index in [9.17, 15) is 0 Å². The van der Waals surface area contributed by atoms with Crippen molar-refractivity contribution in [2.75, 3.05) is 26.3 Å². The van der Waals surface area contributed by atoms with Crippen LogP contribution in [-0.4, -0.2) is 41.8 Å². The van der Waals surface area contributed by atoms with E-state index in [2.05, 4.69) is 9.88 Å². The minimum Gasteiger partial charge on any atom is -0.478 e. The van der Waals surface area contributed by atoms with Crippen LogP contribution in [0.1, 0.15) is 18.6 Å². The Bertz CT molecular complexity index is 608. The van der Waals surface area contributed by atoms with E-state index in [-0.39, 0.29) is 5.60 Å². The van der Waals surface area contributed by atoms with E-state index in [1.807, 2.05) is 30.3 Å². The molecular formula is C18H22N2O3. The molecule has 5 heteroatoms. The molecule has 4 rings (SSSR count). The number of aromatic nitrogens is 1. The highest BCUT2D eigenvalue weighted by Gasteiger charge is 2.52. The minimum absolute atomic E-state index is 0.0278. The van der Waals surface area contributed by atoms with E-state index in [1.165, 1.54) is 0 Å². The van der Waals surface area contributed by atoms with Gasteiger partial charge >= 0.3 is 0 Å². The summed E-state index contributed by atoms with van der Waals surface area (Å²) >= 11 is 0. The van der Waals surface area contributed by atoms with E-state index in [1.54, 1.807) is 12.5 Å². The van der Waals surface area contributed by atoms with Crippen LogP contribution < -0.4 is 4.74 Å². The van der Waals surface area contributed by atoms with Crippen molar-refractivity contribution in [2.24, 2.45) is 5.92 Å². The molecule has 5 nitrogen and oxygen atoms in total. The average molecular weight is 314 g/mol. The van der Waals surface area contributed by atoms with Gasteiger partial charge in [-0.2, -0.15) is 0 Å². The molecule has 1 atom stereocenters. The van der Waals surface area contributed by atoms with Crippen LogP contribution in [0.25, 0.3) is 0 Å². The number of hydrogen-bond acceptors (Lipinski definition) is 5. The van der Waals surface area contributed by atoms with Crippen LogP contribution >= 0.6 is 0 Å². The van der Waals surface area contributed by atoms with Crippen molar-refractivity contribution in [3.05, 3.63) is 48.6 Å². The van der Waals surface area contributed by atoms with E-state index in [0.717, 1.165) is 44.8 Å². The molecule has 0 N–H and O–H groups in total. The highest BCUT2D eigenvalue weighted by atomic mass is 16.5. The van der Waals surface area contributed by atoms with Crippen LogP contribution in [-0.2, 0) is 11.3 Å². The third kappa shape index (κ3) is 3.12. The maximum atomic E-state index is 6.10. The van der Waals surface area contributed by atoms with Crippen molar-refractivity contribution in [2.45, 2.75) is 25.0 Å². The summed E-state index contributed by atoms with van der Waals surface area (Å²) in [5.41, 5.74) is 0.0278. The summed E-state index contributed by atoms with van der Waals surface area (Å²) in [4.78, 5) is 6.58. The third-order valence-electron chi connectivity index (χ3n) is 4.90. The monoisotopic (exact) mass is 314 g/mol. The number of pyridine rings is 1. The summed E-state index contributed by atoms with van der Waals surface area (Å²) in [5.74, 6) is 2.29. The van der Waals surface area contributed by atoms with E-state index in [0.29, 0.717) is 18.4 Å². The molecule has 0 unspecified atom stereocenters. The van der Waals surface area contributed by atoms with Crippen molar-refractivity contribution in [1.29, 1.82) is 0 Å². The lowest BCUT2D eigenvalue weighted by Crippen LogP contribution is -2.64. The zero-order valence-corrected chi connectivity index (χ0v) is 13.2. The Hall–Kier alpha value is -1.85. The third-order valence-corrected chi connectivity index (χ3v) is 4.90. The molecule has 2 aromatic heterocycles. The highest BCUT2D eigenvalue weighted by Crippen LogP contribution is 2.42. The maximum Gasteiger partial charge on any atom is 0.213 e. The van der Waals surface area contributed by atoms with Crippen LogP contribution in [0.3, 0.4) is 0 Å². The molecule has 2 aromatic rings. The van der Waals surface area contributed by atoms with Gasteiger partial charge in [-0.3, -0.25) is 4.90 Å². The molecule has 2 fully saturated rings. The number of likely N-dealkylation sites (tertiary alicyclic amines) is 1. The average Bonchev–Trinajstić information content (AvgIpc) is 3.18. The van der Waals surface area contributed by atoms with Gasteiger partial charge in [0, 0.05) is 32.0 Å². The second kappa shape index (κ2) is 6.34. The first kappa shape index (κ1) is 14.7. The molecule has 4 heterocycles. The molecule has 2 saturated heterocycles. The zero-order valence-electron chi connectivity index (χ0n) is 13.2. The number of ether oxygens (including phenoxy) is 2. The molecule has 0 saturated carbocycles. The van der Waals surface area contributed by atoms with Crippen molar-refractivity contribution < 1.29 is 13.9 Å². The largest absolute Gasteiger partial charge is 0.478 e. The molecule has 0 amide bonds. The first-order valence-electron chi connectivity index (χ1n) is 8.27. The number of furan rings is 1. The van der Waals surface area contributed by atoms with Gasteiger partial charge < -0.3 is 13.9 Å². The predicted molar refractivity (Wildman–Crippen MR) is 85.1 cm³/mol. The molecule has 0 aromatic carbocycles. The molecule has 1 spiro atoms. The molecule has 122 valence electrons. The first-order valence-corrected chi connectivity index (χ1v) is 8.27. The van der Waals surface area contributed by atoms with Gasteiger partial charge in [-0.1, -0.05) is 6.07 Å². The van der Waals surface area contributed by atoms with Gasteiger partial charge in [-0.05, 0) is 37.0 Å². The fraction of sp³-hybridized carbons (Fsp3) is 0.500. The number of rotatable bonds is 6. The maximum absolute atomic E-state index is 6.10. The SMILES string of the molecule is c1ccc(OCC[C@H]2CCOC23CN(Cc2ccco2)C3)nc1. The molecular weight excluding hydrogens is 292 g/mol. The quantitative estimate of drug-likeness (QED) is 0.820. The summed E-state index contributed by atoms with van der Waals surface area (Å²) < 4.78 is 17.3. The van der Waals surface area contributed by atoms with Gasteiger partial charge in [0.15, 0.2) is 0 Å². The first-order chi connectivity index (χ1) is 11.3. The lowest BCUT2D eigenvalue weighted by atomic mass is 9.79. The topological polar surface area (TPSA) is 47.7 Å². The van der Waals surface area contributed by atoms with Crippen LogP contribution in [0.5, 0.6) is 5.88 Å². The van der Waals surface area contributed by atoms with Crippen LogP contribution in [0, 0.1) is 5.92 Å². The van der Waals surface area contributed by atoms with Crippen LogP contribution in [0.4, 0.5) is 0 Å². The van der Waals surface area contributed by atoms with E-state index >= 15 is 0 Å². The zero-order chi connectivity index (χ0) is 15.5. The molecule has 0 radical (unpaired) electrons. The fourth-order valence-corrected chi connectivity index (χ4v) is 3.73. The van der Waals surface area contributed by atoms with Gasteiger partial charge in [-0.25, -0.2) is 4.98 Å². The van der Waals surface area contributed by atoms with E-state index < -0.39 is 0 Å². The van der Waals surface area contributed by atoms with Crippen molar-refractivity contribution in [3.63, 3.8) is 0 Å². The van der Waals surface area contributed by atoms with Gasteiger partial charge in [0.25, 0.3) is 0 Å². The Balaban J connectivity index is 1.26. The molecule has 0 bridgehead atoms. The summed E-state index contributed by atoms with van der Waals surface area (Å²) in [6.45, 7) is 4.41. The normalized spacial score (nSPS) is 23.0. The van der Waals surface area contributed by atoms with Crippen molar-refractivity contribution in [1.82, 2.24) is 9.88 Å². The number of nitrogens with zero attached hydrogens (tertiary/aromatic N) is 2. The van der Waals surface area contributed by atoms with Crippen molar-refractivity contribution >= 4 is 0 Å². The predicted octanol–water partition coefficient (Wildman–Crippen LogP) is 2.73. The van der Waals surface area contributed by atoms with E-state index in [4.69, 9.17) is 13.9 Å². The Morgan fingerprint density at radius 3 is 3.00 bits per heavy atom. The molecule has 2 aliphatic heterocycles. The second-order valence-corrected chi connectivity index (χ2v) is 6.43. The van der Waals surface area contributed by atoms with Gasteiger partial charge in [0.05, 0.1) is 25.0 Å².